The van der Waals surface area contributed by atoms with Crippen molar-refractivity contribution in [3.63, 3.8) is 0 Å². The standard InChI is InChI=1S/C21H30N2O2/c1-15(2)23-19(24)18-13-9-8-10-16(18)14-21(23,3)20(25)22-17-11-6-4-5-7-12-17/h8-10,13,15,17H,4-7,11-12,14H2,1-3H3,(H,22,25)/t21-/m0/s1. The lowest BCUT2D eigenvalue weighted by molar-refractivity contribution is -0.133. The summed E-state index contributed by atoms with van der Waals surface area (Å²) in [5, 5.41) is 3.27. The monoisotopic (exact) mass is 342 g/mol. The second-order valence-corrected chi connectivity index (χ2v) is 8.04. The summed E-state index contributed by atoms with van der Waals surface area (Å²) in [4.78, 5) is 28.1. The van der Waals surface area contributed by atoms with Crippen LogP contribution in [0.15, 0.2) is 24.3 Å². The number of rotatable bonds is 3. The summed E-state index contributed by atoms with van der Waals surface area (Å²) in [6, 6.07) is 7.90. The topological polar surface area (TPSA) is 49.4 Å². The number of carbonyl (C=O) groups is 2. The molecule has 1 aliphatic heterocycles. The Morgan fingerprint density at radius 2 is 1.80 bits per heavy atom. The molecule has 0 radical (unpaired) electrons. The van der Waals surface area contributed by atoms with Crippen molar-refractivity contribution in [2.24, 2.45) is 0 Å². The first-order chi connectivity index (χ1) is 11.9. The van der Waals surface area contributed by atoms with Gasteiger partial charge in [0, 0.05) is 24.1 Å². The maximum Gasteiger partial charge on any atom is 0.255 e. The van der Waals surface area contributed by atoms with Crippen LogP contribution in [0.1, 0.15) is 75.2 Å². The Morgan fingerprint density at radius 1 is 1.16 bits per heavy atom. The molecule has 1 aromatic carbocycles. The van der Waals surface area contributed by atoms with Gasteiger partial charge in [0.15, 0.2) is 0 Å². The zero-order valence-electron chi connectivity index (χ0n) is 15.7. The van der Waals surface area contributed by atoms with Crippen LogP contribution in [0.4, 0.5) is 0 Å². The molecule has 0 spiro atoms. The summed E-state index contributed by atoms with van der Waals surface area (Å²) in [6.07, 6.45) is 7.55. The normalized spacial score (nSPS) is 24.8. The Bertz CT molecular complexity index is 647. The fourth-order valence-corrected chi connectivity index (χ4v) is 4.45. The summed E-state index contributed by atoms with van der Waals surface area (Å²) in [7, 11) is 0. The first-order valence-electron chi connectivity index (χ1n) is 9.66. The third kappa shape index (κ3) is 3.44. The number of fused-ring (bicyclic) bond motifs is 1. The first kappa shape index (κ1) is 18.0. The molecule has 1 heterocycles. The van der Waals surface area contributed by atoms with E-state index < -0.39 is 5.54 Å². The molecular formula is C21H30N2O2. The maximum absolute atomic E-state index is 13.3. The highest BCUT2D eigenvalue weighted by Crippen LogP contribution is 2.33. The lowest BCUT2D eigenvalue weighted by atomic mass is 9.81. The predicted octanol–water partition coefficient (Wildman–Crippen LogP) is 3.69. The molecular weight excluding hydrogens is 312 g/mol. The van der Waals surface area contributed by atoms with E-state index in [1.165, 1.54) is 25.7 Å². The van der Waals surface area contributed by atoms with Crippen LogP contribution in [0.5, 0.6) is 0 Å². The van der Waals surface area contributed by atoms with E-state index in [-0.39, 0.29) is 23.9 Å². The smallest absolute Gasteiger partial charge is 0.255 e. The third-order valence-electron chi connectivity index (χ3n) is 5.73. The van der Waals surface area contributed by atoms with Crippen LogP contribution in [0.3, 0.4) is 0 Å². The van der Waals surface area contributed by atoms with Crippen LogP contribution < -0.4 is 5.32 Å². The maximum atomic E-state index is 13.3. The minimum absolute atomic E-state index is 0.00375. The van der Waals surface area contributed by atoms with Crippen molar-refractivity contribution in [3.8, 4) is 0 Å². The van der Waals surface area contributed by atoms with Gasteiger partial charge in [-0.3, -0.25) is 9.59 Å². The molecule has 1 aromatic rings. The molecule has 0 saturated heterocycles. The molecule has 0 bridgehead atoms. The molecule has 0 aromatic heterocycles. The highest BCUT2D eigenvalue weighted by molar-refractivity contribution is 6.02. The SMILES string of the molecule is CC(C)N1C(=O)c2ccccc2C[C@@]1(C)C(=O)NC1CCCCCC1. The van der Waals surface area contributed by atoms with E-state index in [4.69, 9.17) is 0 Å². The van der Waals surface area contributed by atoms with Crippen LogP contribution in [0.25, 0.3) is 0 Å². The van der Waals surface area contributed by atoms with Crippen molar-refractivity contribution in [1.82, 2.24) is 10.2 Å². The first-order valence-corrected chi connectivity index (χ1v) is 9.66. The van der Waals surface area contributed by atoms with E-state index >= 15 is 0 Å². The quantitative estimate of drug-likeness (QED) is 0.852. The summed E-state index contributed by atoms with van der Waals surface area (Å²) >= 11 is 0. The zero-order valence-corrected chi connectivity index (χ0v) is 15.7. The molecule has 1 fully saturated rings. The molecule has 136 valence electrons. The summed E-state index contributed by atoms with van der Waals surface area (Å²) < 4.78 is 0. The Labute approximate surface area is 151 Å². The zero-order chi connectivity index (χ0) is 18.0. The molecule has 2 amide bonds. The van der Waals surface area contributed by atoms with Crippen molar-refractivity contribution in [3.05, 3.63) is 35.4 Å². The number of hydrogen-bond donors (Lipinski definition) is 1. The van der Waals surface area contributed by atoms with Crippen LogP contribution in [0.2, 0.25) is 0 Å². The molecule has 1 atom stereocenters. The highest BCUT2D eigenvalue weighted by atomic mass is 16.2. The number of nitrogens with zero attached hydrogens (tertiary/aromatic N) is 1. The Balaban J connectivity index is 1.88. The minimum atomic E-state index is -0.827. The molecule has 25 heavy (non-hydrogen) atoms. The van der Waals surface area contributed by atoms with Gasteiger partial charge < -0.3 is 10.2 Å². The lowest BCUT2D eigenvalue weighted by Gasteiger charge is -2.46. The lowest BCUT2D eigenvalue weighted by Crippen LogP contribution is -2.65. The Hall–Kier alpha value is -1.84. The number of benzene rings is 1. The van der Waals surface area contributed by atoms with E-state index in [0.717, 1.165) is 24.0 Å². The van der Waals surface area contributed by atoms with Crippen molar-refractivity contribution < 1.29 is 9.59 Å². The van der Waals surface area contributed by atoms with E-state index in [0.29, 0.717) is 6.42 Å². The van der Waals surface area contributed by atoms with Crippen LogP contribution >= 0.6 is 0 Å². The van der Waals surface area contributed by atoms with Gasteiger partial charge in [-0.15, -0.1) is 0 Å². The molecule has 3 rings (SSSR count). The van der Waals surface area contributed by atoms with Gasteiger partial charge in [0.25, 0.3) is 5.91 Å². The average Bonchev–Trinajstić information content (AvgIpc) is 2.83. The summed E-state index contributed by atoms with van der Waals surface area (Å²) in [5.41, 5.74) is 0.880. The van der Waals surface area contributed by atoms with Gasteiger partial charge in [0.2, 0.25) is 5.91 Å². The second kappa shape index (κ2) is 7.19. The van der Waals surface area contributed by atoms with Crippen molar-refractivity contribution in [2.45, 2.75) is 83.3 Å². The number of carbonyl (C=O) groups excluding carboxylic acids is 2. The molecule has 1 aliphatic carbocycles. The second-order valence-electron chi connectivity index (χ2n) is 8.04. The van der Waals surface area contributed by atoms with Gasteiger partial charge in [-0.2, -0.15) is 0 Å². The van der Waals surface area contributed by atoms with E-state index in [1.807, 2.05) is 45.0 Å². The van der Waals surface area contributed by atoms with Gasteiger partial charge in [-0.05, 0) is 45.2 Å². The Kier molecular flexibility index (Phi) is 5.16. The van der Waals surface area contributed by atoms with Crippen LogP contribution in [-0.2, 0) is 11.2 Å². The number of amides is 2. The van der Waals surface area contributed by atoms with E-state index in [9.17, 15) is 9.59 Å². The molecule has 1 saturated carbocycles. The molecule has 0 unspecified atom stereocenters. The summed E-state index contributed by atoms with van der Waals surface area (Å²) in [6.45, 7) is 5.90. The molecule has 4 nitrogen and oxygen atoms in total. The van der Waals surface area contributed by atoms with Crippen molar-refractivity contribution >= 4 is 11.8 Å². The van der Waals surface area contributed by atoms with Gasteiger partial charge in [0.05, 0.1) is 0 Å². The fraction of sp³-hybridized carbons (Fsp3) is 0.619. The van der Waals surface area contributed by atoms with Gasteiger partial charge in [-0.1, -0.05) is 43.9 Å². The highest BCUT2D eigenvalue weighted by Gasteiger charge is 2.48. The van der Waals surface area contributed by atoms with Gasteiger partial charge in [-0.25, -0.2) is 0 Å². The number of nitrogens with one attached hydrogen (secondary N) is 1. The minimum Gasteiger partial charge on any atom is -0.351 e. The van der Waals surface area contributed by atoms with E-state index in [1.54, 1.807) is 4.90 Å². The average molecular weight is 342 g/mol. The molecule has 4 heteroatoms. The Morgan fingerprint density at radius 3 is 2.44 bits per heavy atom. The third-order valence-corrected chi connectivity index (χ3v) is 5.73. The predicted molar refractivity (Wildman–Crippen MR) is 99.5 cm³/mol. The van der Waals surface area contributed by atoms with Crippen molar-refractivity contribution in [1.29, 1.82) is 0 Å². The number of hydrogen-bond acceptors (Lipinski definition) is 2. The molecule has 2 aliphatic rings. The van der Waals surface area contributed by atoms with Crippen LogP contribution in [0, 0.1) is 0 Å². The fourth-order valence-electron chi connectivity index (χ4n) is 4.45. The van der Waals surface area contributed by atoms with Gasteiger partial charge >= 0.3 is 0 Å². The largest absolute Gasteiger partial charge is 0.351 e. The summed E-state index contributed by atoms with van der Waals surface area (Å²) in [5.74, 6) is -0.0358. The van der Waals surface area contributed by atoms with Gasteiger partial charge in [0.1, 0.15) is 5.54 Å². The van der Waals surface area contributed by atoms with E-state index in [2.05, 4.69) is 5.32 Å². The van der Waals surface area contributed by atoms with Crippen molar-refractivity contribution in [2.75, 3.05) is 0 Å². The molecule has 1 N–H and O–H groups in total. The van der Waals surface area contributed by atoms with Crippen LogP contribution in [-0.4, -0.2) is 34.3 Å².